The van der Waals surface area contributed by atoms with Crippen LogP contribution in [0.1, 0.15) is 18.4 Å². The predicted octanol–water partition coefficient (Wildman–Crippen LogP) is 2.90. The molecule has 0 aliphatic carbocycles. The fraction of sp³-hybridized carbons (Fsp3) is 0.538. The summed E-state index contributed by atoms with van der Waals surface area (Å²) in [6, 6.07) is 5.59. The average molecular weight is 274 g/mol. The number of hydrogen-bond acceptors (Lipinski definition) is 2. The van der Waals surface area contributed by atoms with E-state index in [-0.39, 0.29) is 12.0 Å². The number of halogens is 2. The van der Waals surface area contributed by atoms with E-state index in [0.29, 0.717) is 10.0 Å². The average Bonchev–Trinajstić information content (AvgIpc) is 2.34. The van der Waals surface area contributed by atoms with Crippen LogP contribution in [-0.4, -0.2) is 24.8 Å². The van der Waals surface area contributed by atoms with Crippen molar-refractivity contribution in [2.24, 2.45) is 5.41 Å². The van der Waals surface area contributed by atoms with E-state index in [9.17, 15) is 5.11 Å². The molecule has 0 aromatic heterocycles. The summed E-state index contributed by atoms with van der Waals surface area (Å²) in [6.45, 7) is 2.14. The molecule has 1 aliphatic heterocycles. The molecule has 4 heteroatoms. The first-order chi connectivity index (χ1) is 8.15. The maximum absolute atomic E-state index is 9.65. The van der Waals surface area contributed by atoms with Crippen LogP contribution >= 0.6 is 23.2 Å². The van der Waals surface area contributed by atoms with E-state index in [2.05, 4.69) is 5.32 Å². The van der Waals surface area contributed by atoms with E-state index in [1.807, 2.05) is 12.1 Å². The van der Waals surface area contributed by atoms with E-state index >= 15 is 0 Å². The van der Waals surface area contributed by atoms with Crippen molar-refractivity contribution in [3.05, 3.63) is 33.8 Å². The Morgan fingerprint density at radius 3 is 2.53 bits per heavy atom. The maximum atomic E-state index is 9.65. The first kappa shape index (κ1) is 13.2. The molecule has 0 unspecified atom stereocenters. The number of rotatable bonds is 3. The third kappa shape index (κ3) is 3.14. The lowest BCUT2D eigenvalue weighted by Gasteiger charge is -2.36. The van der Waals surface area contributed by atoms with Crippen LogP contribution in [0.2, 0.25) is 10.0 Å². The van der Waals surface area contributed by atoms with Gasteiger partial charge in [-0.05, 0) is 55.5 Å². The Balaban J connectivity index is 2.17. The molecule has 0 atom stereocenters. The lowest BCUT2D eigenvalue weighted by molar-refractivity contribution is 0.0893. The van der Waals surface area contributed by atoms with Gasteiger partial charge in [-0.3, -0.25) is 0 Å². The normalized spacial score (nSPS) is 19.2. The Kier molecular flexibility index (Phi) is 4.31. The fourth-order valence-corrected chi connectivity index (χ4v) is 2.89. The van der Waals surface area contributed by atoms with Crippen LogP contribution in [0, 0.1) is 5.41 Å². The van der Waals surface area contributed by atoms with Gasteiger partial charge in [0.15, 0.2) is 0 Å². The minimum Gasteiger partial charge on any atom is -0.396 e. The first-order valence-electron chi connectivity index (χ1n) is 5.91. The van der Waals surface area contributed by atoms with Crippen LogP contribution in [0.4, 0.5) is 0 Å². The molecule has 1 aromatic carbocycles. The van der Waals surface area contributed by atoms with E-state index < -0.39 is 0 Å². The van der Waals surface area contributed by atoms with Gasteiger partial charge >= 0.3 is 0 Å². The molecule has 1 fully saturated rings. The highest BCUT2D eigenvalue weighted by Gasteiger charge is 2.32. The molecular formula is C13H17Cl2NO. The van der Waals surface area contributed by atoms with Gasteiger partial charge in [0.05, 0.1) is 0 Å². The van der Waals surface area contributed by atoms with Gasteiger partial charge in [-0.2, -0.15) is 0 Å². The fourth-order valence-electron chi connectivity index (χ4n) is 2.42. The van der Waals surface area contributed by atoms with Gasteiger partial charge < -0.3 is 10.4 Å². The van der Waals surface area contributed by atoms with Crippen molar-refractivity contribution >= 4 is 23.2 Å². The zero-order valence-corrected chi connectivity index (χ0v) is 11.2. The summed E-state index contributed by atoms with van der Waals surface area (Å²) >= 11 is 12.1. The summed E-state index contributed by atoms with van der Waals surface area (Å²) in [7, 11) is 0. The molecule has 0 saturated carbocycles. The molecule has 0 bridgehead atoms. The molecule has 17 heavy (non-hydrogen) atoms. The monoisotopic (exact) mass is 273 g/mol. The van der Waals surface area contributed by atoms with Crippen molar-refractivity contribution in [2.45, 2.75) is 19.3 Å². The third-order valence-corrected chi connectivity index (χ3v) is 4.17. The van der Waals surface area contributed by atoms with Gasteiger partial charge in [0.25, 0.3) is 0 Å². The molecule has 2 N–H and O–H groups in total. The predicted molar refractivity (Wildman–Crippen MR) is 71.8 cm³/mol. The molecule has 1 aliphatic rings. The minimum atomic E-state index is -0.0251. The first-order valence-corrected chi connectivity index (χ1v) is 6.66. The Bertz CT molecular complexity index is 389. The quantitative estimate of drug-likeness (QED) is 0.888. The Hall–Kier alpha value is -0.280. The van der Waals surface area contributed by atoms with Crippen molar-refractivity contribution in [1.82, 2.24) is 5.32 Å². The molecule has 2 nitrogen and oxygen atoms in total. The SMILES string of the molecule is OCC1(Cc2ccc(Cl)cc2Cl)CCNCC1. The number of benzene rings is 1. The topological polar surface area (TPSA) is 32.3 Å². The lowest BCUT2D eigenvalue weighted by atomic mass is 9.75. The van der Waals surface area contributed by atoms with Crippen molar-refractivity contribution in [1.29, 1.82) is 0 Å². The maximum Gasteiger partial charge on any atom is 0.0491 e. The van der Waals surface area contributed by atoms with Crippen LogP contribution in [0.25, 0.3) is 0 Å². The smallest absolute Gasteiger partial charge is 0.0491 e. The van der Waals surface area contributed by atoms with Gasteiger partial charge in [-0.25, -0.2) is 0 Å². The largest absolute Gasteiger partial charge is 0.396 e. The van der Waals surface area contributed by atoms with E-state index in [4.69, 9.17) is 23.2 Å². The highest BCUT2D eigenvalue weighted by molar-refractivity contribution is 6.35. The Morgan fingerprint density at radius 1 is 1.24 bits per heavy atom. The van der Waals surface area contributed by atoms with Gasteiger partial charge in [0.2, 0.25) is 0 Å². The molecule has 1 saturated heterocycles. The molecule has 1 aromatic rings. The van der Waals surface area contributed by atoms with Gasteiger partial charge in [0, 0.05) is 16.7 Å². The van der Waals surface area contributed by atoms with Crippen LogP contribution in [0.3, 0.4) is 0 Å². The Morgan fingerprint density at radius 2 is 1.94 bits per heavy atom. The van der Waals surface area contributed by atoms with Crippen LogP contribution in [0.15, 0.2) is 18.2 Å². The standard InChI is InChI=1S/C13H17Cl2NO/c14-11-2-1-10(12(15)7-11)8-13(9-17)3-5-16-6-4-13/h1-2,7,16-17H,3-6,8-9H2. The number of aliphatic hydroxyl groups excluding tert-OH is 1. The summed E-state index contributed by atoms with van der Waals surface area (Å²) in [6.07, 6.45) is 2.80. The summed E-state index contributed by atoms with van der Waals surface area (Å²) in [4.78, 5) is 0. The second kappa shape index (κ2) is 5.57. The molecular weight excluding hydrogens is 257 g/mol. The summed E-state index contributed by atoms with van der Waals surface area (Å²) in [5, 5.41) is 14.3. The molecule has 2 rings (SSSR count). The number of piperidine rings is 1. The highest BCUT2D eigenvalue weighted by Crippen LogP contribution is 2.35. The van der Waals surface area contributed by atoms with Crippen LogP contribution in [-0.2, 0) is 6.42 Å². The van der Waals surface area contributed by atoms with Crippen molar-refractivity contribution in [3.8, 4) is 0 Å². The molecule has 0 amide bonds. The number of nitrogens with one attached hydrogen (secondary N) is 1. The third-order valence-electron chi connectivity index (χ3n) is 3.58. The molecule has 94 valence electrons. The zero-order valence-electron chi connectivity index (χ0n) is 9.68. The van der Waals surface area contributed by atoms with Crippen molar-refractivity contribution in [2.75, 3.05) is 19.7 Å². The van der Waals surface area contributed by atoms with Crippen molar-refractivity contribution in [3.63, 3.8) is 0 Å². The molecule has 1 heterocycles. The van der Waals surface area contributed by atoms with Crippen molar-refractivity contribution < 1.29 is 5.11 Å². The van der Waals surface area contributed by atoms with E-state index in [1.165, 1.54) is 0 Å². The second-order valence-electron chi connectivity index (χ2n) is 4.82. The number of hydrogen-bond donors (Lipinski definition) is 2. The van der Waals surface area contributed by atoms with Crippen LogP contribution in [0.5, 0.6) is 0 Å². The summed E-state index contributed by atoms with van der Waals surface area (Å²) < 4.78 is 0. The zero-order chi connectivity index (χ0) is 12.3. The van der Waals surface area contributed by atoms with Gasteiger partial charge in [0.1, 0.15) is 0 Å². The lowest BCUT2D eigenvalue weighted by Crippen LogP contribution is -2.40. The molecule has 0 radical (unpaired) electrons. The second-order valence-corrected chi connectivity index (χ2v) is 5.66. The van der Waals surface area contributed by atoms with Gasteiger partial charge in [-0.1, -0.05) is 29.3 Å². The minimum absolute atomic E-state index is 0.0251. The Labute approximate surface area is 112 Å². The summed E-state index contributed by atoms with van der Waals surface area (Å²) in [5.74, 6) is 0. The summed E-state index contributed by atoms with van der Waals surface area (Å²) in [5.41, 5.74) is 1.05. The molecule has 0 spiro atoms. The number of aliphatic hydroxyl groups is 1. The van der Waals surface area contributed by atoms with Gasteiger partial charge in [-0.15, -0.1) is 0 Å². The highest BCUT2D eigenvalue weighted by atomic mass is 35.5. The van der Waals surface area contributed by atoms with E-state index in [1.54, 1.807) is 6.07 Å². The van der Waals surface area contributed by atoms with E-state index in [0.717, 1.165) is 37.9 Å². The van der Waals surface area contributed by atoms with Crippen LogP contribution < -0.4 is 5.32 Å².